The number of aromatic amines is 1. The summed E-state index contributed by atoms with van der Waals surface area (Å²) in [5.74, 6) is 2.09. The fourth-order valence-electron chi connectivity index (χ4n) is 2.25. The molecule has 0 aliphatic rings. The summed E-state index contributed by atoms with van der Waals surface area (Å²) in [6.45, 7) is 0.494. The molecule has 2 aromatic heterocycles. The second-order valence-electron chi connectivity index (χ2n) is 5.32. The van der Waals surface area contributed by atoms with Crippen molar-refractivity contribution in [2.24, 2.45) is 0 Å². The largest absolute Gasteiger partial charge is 0.493 e. The molecule has 3 rings (SSSR count). The number of hydrogen-bond acceptors (Lipinski definition) is 6. The van der Waals surface area contributed by atoms with Gasteiger partial charge in [-0.15, -0.1) is 0 Å². The van der Waals surface area contributed by atoms with Crippen molar-refractivity contribution in [3.8, 4) is 11.5 Å². The molecule has 8 nitrogen and oxygen atoms in total. The number of carbonyl (C=O) groups excluding carboxylic acids is 1. The zero-order valence-corrected chi connectivity index (χ0v) is 13.9. The maximum atomic E-state index is 12.4. The molecule has 0 spiro atoms. The minimum atomic E-state index is -0.260. The zero-order valence-electron chi connectivity index (χ0n) is 13.9. The Morgan fingerprint density at radius 1 is 1.32 bits per heavy atom. The van der Waals surface area contributed by atoms with Crippen molar-refractivity contribution in [2.75, 3.05) is 14.2 Å². The Morgan fingerprint density at radius 2 is 2.12 bits per heavy atom. The molecule has 8 heteroatoms. The highest BCUT2D eigenvalue weighted by Crippen LogP contribution is 2.26. The number of rotatable bonds is 7. The highest BCUT2D eigenvalue weighted by molar-refractivity contribution is 5.91. The number of H-pyrrole nitrogens is 1. The van der Waals surface area contributed by atoms with Gasteiger partial charge in [-0.2, -0.15) is 0 Å². The molecule has 0 atom stereocenters. The first-order valence-electron chi connectivity index (χ1n) is 7.62. The Kier molecular flexibility index (Phi) is 4.98. The number of imidazole rings is 1. The van der Waals surface area contributed by atoms with Crippen LogP contribution in [0.25, 0.3) is 0 Å². The molecular weight excluding hydrogens is 324 g/mol. The first kappa shape index (κ1) is 16.6. The van der Waals surface area contributed by atoms with Crippen molar-refractivity contribution in [2.45, 2.75) is 13.2 Å². The summed E-state index contributed by atoms with van der Waals surface area (Å²) in [6, 6.07) is 8.85. The van der Waals surface area contributed by atoms with Crippen LogP contribution in [0, 0.1) is 0 Å². The highest BCUT2D eigenvalue weighted by atomic mass is 16.5. The molecule has 1 aromatic carbocycles. The van der Waals surface area contributed by atoms with E-state index in [0.29, 0.717) is 29.6 Å². The summed E-state index contributed by atoms with van der Waals surface area (Å²) in [5, 5.41) is 3.81. The third kappa shape index (κ3) is 3.97. The third-order valence-electron chi connectivity index (χ3n) is 3.51. The molecule has 1 amide bonds. The summed E-state index contributed by atoms with van der Waals surface area (Å²) >= 11 is 0. The van der Waals surface area contributed by atoms with E-state index in [1.165, 1.54) is 4.90 Å². The van der Waals surface area contributed by atoms with Crippen LogP contribution in [0.15, 0.2) is 47.2 Å². The van der Waals surface area contributed by atoms with E-state index >= 15 is 0 Å². The summed E-state index contributed by atoms with van der Waals surface area (Å²) < 4.78 is 16.1. The van der Waals surface area contributed by atoms with Crippen molar-refractivity contribution in [3.63, 3.8) is 0 Å². The van der Waals surface area contributed by atoms with Crippen LogP contribution in [0.5, 0.6) is 11.5 Å². The van der Waals surface area contributed by atoms with Gasteiger partial charge in [-0.3, -0.25) is 4.79 Å². The number of amides is 1. The number of carbonyl (C=O) groups is 1. The van der Waals surface area contributed by atoms with E-state index in [4.69, 9.17) is 14.0 Å². The quantitative estimate of drug-likeness (QED) is 0.708. The van der Waals surface area contributed by atoms with E-state index in [1.807, 2.05) is 12.1 Å². The van der Waals surface area contributed by atoms with Crippen molar-refractivity contribution >= 4 is 5.91 Å². The average molecular weight is 342 g/mol. The minimum Gasteiger partial charge on any atom is -0.493 e. The number of ether oxygens (including phenoxy) is 2. The fourth-order valence-corrected chi connectivity index (χ4v) is 2.25. The monoisotopic (exact) mass is 342 g/mol. The Balaban J connectivity index is 1.61. The predicted molar refractivity (Wildman–Crippen MR) is 88.2 cm³/mol. The molecule has 0 saturated carbocycles. The van der Waals surface area contributed by atoms with Gasteiger partial charge in [0.15, 0.2) is 23.0 Å². The van der Waals surface area contributed by atoms with Crippen molar-refractivity contribution in [1.29, 1.82) is 0 Å². The molecule has 25 heavy (non-hydrogen) atoms. The van der Waals surface area contributed by atoms with Crippen molar-refractivity contribution in [1.82, 2.24) is 20.0 Å². The Hall–Kier alpha value is -3.29. The molecule has 0 aliphatic carbocycles. The molecule has 0 saturated heterocycles. The Bertz CT molecular complexity index is 829. The van der Waals surface area contributed by atoms with Gasteiger partial charge >= 0.3 is 0 Å². The van der Waals surface area contributed by atoms with Gasteiger partial charge in [0.2, 0.25) is 0 Å². The summed E-state index contributed by atoms with van der Waals surface area (Å²) in [5.41, 5.74) is 0.215. The van der Waals surface area contributed by atoms with E-state index in [9.17, 15) is 4.79 Å². The predicted octanol–water partition coefficient (Wildman–Crippen LogP) is 2.26. The Morgan fingerprint density at radius 3 is 2.84 bits per heavy atom. The van der Waals surface area contributed by atoms with Crippen LogP contribution < -0.4 is 9.47 Å². The molecule has 1 N–H and O–H groups in total. The van der Waals surface area contributed by atoms with Crippen LogP contribution in [0.3, 0.4) is 0 Å². The van der Waals surface area contributed by atoms with E-state index in [2.05, 4.69) is 15.1 Å². The number of benzene rings is 1. The maximum Gasteiger partial charge on any atom is 0.276 e. The average Bonchev–Trinajstić information content (AvgIpc) is 3.31. The normalized spacial score (nSPS) is 10.5. The first-order chi connectivity index (χ1) is 12.2. The smallest absolute Gasteiger partial charge is 0.276 e. The Labute approximate surface area is 144 Å². The van der Waals surface area contributed by atoms with Crippen LogP contribution in [0.2, 0.25) is 0 Å². The highest BCUT2D eigenvalue weighted by Gasteiger charge is 2.18. The lowest BCUT2D eigenvalue weighted by molar-refractivity contribution is 0.0771. The molecule has 130 valence electrons. The molecular formula is C17H18N4O4. The lowest BCUT2D eigenvalue weighted by Gasteiger charge is -2.13. The summed E-state index contributed by atoms with van der Waals surface area (Å²) in [7, 11) is 3.24. The lowest BCUT2D eigenvalue weighted by Crippen LogP contribution is -2.26. The molecule has 0 fully saturated rings. The SMILES string of the molecule is COc1ccccc1OCc1cc(C(=O)N(C)Cc2ncc[nH]2)no1. The second-order valence-corrected chi connectivity index (χ2v) is 5.32. The van der Waals surface area contributed by atoms with Crippen LogP contribution >= 0.6 is 0 Å². The minimum absolute atomic E-state index is 0.141. The van der Waals surface area contributed by atoms with Gasteiger partial charge < -0.3 is 23.9 Å². The van der Waals surface area contributed by atoms with E-state index in [0.717, 1.165) is 0 Å². The number of nitrogens with zero attached hydrogens (tertiary/aromatic N) is 3. The number of aromatic nitrogens is 3. The van der Waals surface area contributed by atoms with Gasteiger partial charge in [-0.1, -0.05) is 17.3 Å². The van der Waals surface area contributed by atoms with Gasteiger partial charge in [-0.25, -0.2) is 4.98 Å². The van der Waals surface area contributed by atoms with Crippen LogP contribution in [0.1, 0.15) is 22.1 Å². The van der Waals surface area contributed by atoms with E-state index in [1.54, 1.807) is 44.8 Å². The molecule has 0 bridgehead atoms. The van der Waals surface area contributed by atoms with Crippen LogP contribution in [-0.2, 0) is 13.2 Å². The first-order valence-corrected chi connectivity index (χ1v) is 7.62. The van der Waals surface area contributed by atoms with E-state index < -0.39 is 0 Å². The van der Waals surface area contributed by atoms with Gasteiger partial charge in [0.05, 0.1) is 13.7 Å². The second kappa shape index (κ2) is 7.52. The third-order valence-corrected chi connectivity index (χ3v) is 3.51. The van der Waals surface area contributed by atoms with Gasteiger partial charge in [0.1, 0.15) is 12.4 Å². The molecule has 3 aromatic rings. The molecule has 0 radical (unpaired) electrons. The number of hydrogen-bond donors (Lipinski definition) is 1. The summed E-state index contributed by atoms with van der Waals surface area (Å²) in [6.07, 6.45) is 3.34. The van der Waals surface area contributed by atoms with Crippen LogP contribution in [-0.4, -0.2) is 40.1 Å². The molecule has 0 aliphatic heterocycles. The topological polar surface area (TPSA) is 93.5 Å². The number of para-hydroxylation sites is 2. The standard InChI is InChI=1S/C17H18N4O4/c1-21(10-16-18-7-8-19-16)17(22)13-9-12(25-20-13)11-24-15-6-4-3-5-14(15)23-2/h3-9H,10-11H2,1-2H3,(H,18,19). The molecule has 0 unspecified atom stereocenters. The summed E-state index contributed by atoms with van der Waals surface area (Å²) in [4.78, 5) is 20.9. The van der Waals surface area contributed by atoms with Gasteiger partial charge in [-0.05, 0) is 12.1 Å². The molecule has 2 heterocycles. The zero-order chi connectivity index (χ0) is 17.6. The van der Waals surface area contributed by atoms with Crippen molar-refractivity contribution in [3.05, 3.63) is 60.0 Å². The van der Waals surface area contributed by atoms with E-state index in [-0.39, 0.29) is 18.2 Å². The number of nitrogens with one attached hydrogen (secondary N) is 1. The fraction of sp³-hybridized carbons (Fsp3) is 0.235. The van der Waals surface area contributed by atoms with Gasteiger partial charge in [0, 0.05) is 25.5 Å². The maximum absolute atomic E-state index is 12.4. The number of methoxy groups -OCH3 is 1. The lowest BCUT2D eigenvalue weighted by atomic mass is 10.3. The van der Waals surface area contributed by atoms with Gasteiger partial charge in [0.25, 0.3) is 5.91 Å². The van der Waals surface area contributed by atoms with Crippen LogP contribution in [0.4, 0.5) is 0 Å². The van der Waals surface area contributed by atoms with Crippen molar-refractivity contribution < 1.29 is 18.8 Å².